The fraction of sp³-hybridized carbons (Fsp3) is 0.318. The van der Waals surface area contributed by atoms with Crippen LogP contribution >= 0.6 is 0 Å². The van der Waals surface area contributed by atoms with Gasteiger partial charge in [0.2, 0.25) is 0 Å². The van der Waals surface area contributed by atoms with Crippen LogP contribution in [0.25, 0.3) is 6.08 Å². The van der Waals surface area contributed by atoms with Gasteiger partial charge in [0.25, 0.3) is 0 Å². The van der Waals surface area contributed by atoms with E-state index in [2.05, 4.69) is 0 Å². The van der Waals surface area contributed by atoms with Crippen molar-refractivity contribution in [3.05, 3.63) is 52.3 Å². The lowest BCUT2D eigenvalue weighted by atomic mass is 9.98. The molecule has 0 unspecified atom stereocenters. The highest BCUT2D eigenvalue weighted by molar-refractivity contribution is 6.11. The molecule has 1 N–H and O–H groups in total. The summed E-state index contributed by atoms with van der Waals surface area (Å²) in [5.74, 6) is -0.521. The summed E-state index contributed by atoms with van der Waals surface area (Å²) in [5.41, 5.74) is 1.44. The number of carbonyl (C=O) groups is 1. The number of carbonyl (C=O) groups excluding carboxylic acids is 1. The topological polar surface area (TPSA) is 74.2 Å². The van der Waals surface area contributed by atoms with Crippen LogP contribution in [0.2, 0.25) is 0 Å². The second-order valence-electron chi connectivity index (χ2n) is 6.21. The summed E-state index contributed by atoms with van der Waals surface area (Å²) >= 11 is 0. The molecule has 0 bridgehead atoms. The van der Waals surface area contributed by atoms with Gasteiger partial charge in [-0.15, -0.1) is 0 Å². The standard InChI is InChI=1S/C22H25FO6/c1-6-28-18-10-8-15(11-16(18)23)7-9-17(24)19-20(25)13(2)21(29-12-26-4)14(3)22(19)27-5/h7-11,25H,6,12H2,1-5H3/b9-7+. The molecule has 0 spiro atoms. The zero-order valence-corrected chi connectivity index (χ0v) is 17.2. The molecule has 2 rings (SSSR count). The number of hydrogen-bond acceptors (Lipinski definition) is 6. The third-order valence-corrected chi connectivity index (χ3v) is 4.30. The molecular weight excluding hydrogens is 379 g/mol. The fourth-order valence-electron chi connectivity index (χ4n) is 2.94. The lowest BCUT2D eigenvalue weighted by Gasteiger charge is -2.19. The van der Waals surface area contributed by atoms with Gasteiger partial charge in [-0.25, -0.2) is 4.39 Å². The molecule has 2 aromatic carbocycles. The first-order valence-electron chi connectivity index (χ1n) is 9.02. The van der Waals surface area contributed by atoms with Crippen molar-refractivity contribution >= 4 is 11.9 Å². The minimum Gasteiger partial charge on any atom is -0.507 e. The van der Waals surface area contributed by atoms with E-state index in [4.69, 9.17) is 18.9 Å². The molecule has 2 aromatic rings. The number of phenolic OH excluding ortho intramolecular Hbond substituents is 1. The minimum atomic E-state index is -0.520. The molecule has 0 aliphatic rings. The molecule has 0 saturated carbocycles. The zero-order chi connectivity index (χ0) is 21.6. The van der Waals surface area contributed by atoms with Crippen LogP contribution in [0.4, 0.5) is 4.39 Å². The van der Waals surface area contributed by atoms with Crippen molar-refractivity contribution in [1.29, 1.82) is 0 Å². The lowest BCUT2D eigenvalue weighted by molar-refractivity contribution is 0.0497. The van der Waals surface area contributed by atoms with Gasteiger partial charge in [-0.1, -0.05) is 12.1 Å². The van der Waals surface area contributed by atoms with Crippen molar-refractivity contribution in [2.24, 2.45) is 0 Å². The summed E-state index contributed by atoms with van der Waals surface area (Å²) < 4.78 is 34.9. The first-order chi connectivity index (χ1) is 13.8. The molecule has 0 radical (unpaired) electrons. The molecule has 6 nitrogen and oxygen atoms in total. The van der Waals surface area contributed by atoms with Crippen molar-refractivity contribution < 1.29 is 33.2 Å². The highest BCUT2D eigenvalue weighted by Gasteiger charge is 2.24. The van der Waals surface area contributed by atoms with Gasteiger partial charge in [-0.05, 0) is 44.5 Å². The van der Waals surface area contributed by atoms with Crippen molar-refractivity contribution in [2.45, 2.75) is 20.8 Å². The maximum absolute atomic E-state index is 14.0. The second-order valence-corrected chi connectivity index (χ2v) is 6.21. The Balaban J connectivity index is 2.40. The molecule has 0 heterocycles. The van der Waals surface area contributed by atoms with Crippen molar-refractivity contribution in [3.63, 3.8) is 0 Å². The number of ketones is 1. The largest absolute Gasteiger partial charge is 0.507 e. The van der Waals surface area contributed by atoms with Gasteiger partial charge in [-0.3, -0.25) is 4.79 Å². The fourth-order valence-corrected chi connectivity index (χ4v) is 2.94. The van der Waals surface area contributed by atoms with Gasteiger partial charge in [0.05, 0.1) is 13.7 Å². The molecule has 0 saturated heterocycles. The van der Waals surface area contributed by atoms with Gasteiger partial charge >= 0.3 is 0 Å². The van der Waals surface area contributed by atoms with Gasteiger partial charge in [0.15, 0.2) is 24.1 Å². The lowest BCUT2D eigenvalue weighted by Crippen LogP contribution is -2.08. The van der Waals surface area contributed by atoms with E-state index in [0.717, 1.165) is 0 Å². The average molecular weight is 404 g/mol. The van der Waals surface area contributed by atoms with Gasteiger partial charge in [-0.2, -0.15) is 0 Å². The summed E-state index contributed by atoms with van der Waals surface area (Å²) in [7, 11) is 2.88. The Morgan fingerprint density at radius 3 is 2.45 bits per heavy atom. The maximum Gasteiger partial charge on any atom is 0.193 e. The summed E-state index contributed by atoms with van der Waals surface area (Å²) in [4.78, 5) is 12.8. The molecule has 0 fully saturated rings. The molecule has 7 heteroatoms. The molecule has 0 amide bonds. The second kappa shape index (κ2) is 9.93. The van der Waals surface area contributed by atoms with Gasteiger partial charge in [0, 0.05) is 18.2 Å². The maximum atomic E-state index is 14.0. The van der Waals surface area contributed by atoms with E-state index in [-0.39, 0.29) is 29.6 Å². The minimum absolute atomic E-state index is 0.00919. The Hall–Kier alpha value is -3.06. The van der Waals surface area contributed by atoms with Gasteiger partial charge in [0.1, 0.15) is 22.8 Å². The molecule has 156 valence electrons. The quantitative estimate of drug-likeness (QED) is 0.379. The molecular formula is C22H25FO6. The van der Waals surface area contributed by atoms with Crippen molar-refractivity contribution in [1.82, 2.24) is 0 Å². The Morgan fingerprint density at radius 2 is 1.86 bits per heavy atom. The van der Waals surface area contributed by atoms with Gasteiger partial charge < -0.3 is 24.1 Å². The van der Waals surface area contributed by atoms with E-state index >= 15 is 0 Å². The van der Waals surface area contributed by atoms with Crippen LogP contribution in [0.1, 0.15) is 34.0 Å². The van der Waals surface area contributed by atoms with Crippen LogP contribution in [0, 0.1) is 19.7 Å². The average Bonchev–Trinajstić information content (AvgIpc) is 2.70. The Kier molecular flexibility index (Phi) is 7.61. The molecule has 29 heavy (non-hydrogen) atoms. The van der Waals surface area contributed by atoms with E-state index in [9.17, 15) is 14.3 Å². The predicted octanol–water partition coefficient (Wildman–Crippen LogP) is 4.43. The number of hydrogen-bond donors (Lipinski definition) is 1. The van der Waals surface area contributed by atoms with E-state index in [1.165, 1.54) is 38.5 Å². The number of aromatic hydroxyl groups is 1. The monoisotopic (exact) mass is 404 g/mol. The van der Waals surface area contributed by atoms with Crippen LogP contribution in [-0.2, 0) is 4.74 Å². The number of benzene rings is 2. The predicted molar refractivity (Wildman–Crippen MR) is 108 cm³/mol. The first-order valence-corrected chi connectivity index (χ1v) is 9.02. The summed E-state index contributed by atoms with van der Waals surface area (Å²) in [6.45, 7) is 5.46. The highest BCUT2D eigenvalue weighted by atomic mass is 19.1. The third-order valence-electron chi connectivity index (χ3n) is 4.30. The van der Waals surface area contributed by atoms with Crippen molar-refractivity contribution in [3.8, 4) is 23.0 Å². The number of allylic oxidation sites excluding steroid dienone is 1. The first kappa shape index (κ1) is 22.2. The van der Waals surface area contributed by atoms with Crippen LogP contribution in [0.15, 0.2) is 24.3 Å². The Bertz CT molecular complexity index is 920. The van der Waals surface area contributed by atoms with Crippen molar-refractivity contribution in [2.75, 3.05) is 27.6 Å². The van der Waals surface area contributed by atoms with Crippen LogP contribution in [-0.4, -0.2) is 38.5 Å². The molecule has 0 aromatic heterocycles. The van der Waals surface area contributed by atoms with E-state index < -0.39 is 11.6 Å². The number of methoxy groups -OCH3 is 2. The van der Waals surface area contributed by atoms with E-state index in [1.54, 1.807) is 26.8 Å². The van der Waals surface area contributed by atoms with Crippen LogP contribution < -0.4 is 14.2 Å². The summed E-state index contributed by atoms with van der Waals surface area (Å²) in [5, 5.41) is 10.6. The Morgan fingerprint density at radius 1 is 1.14 bits per heavy atom. The SMILES string of the molecule is CCOc1ccc(/C=C/C(=O)c2c(O)c(C)c(OCOC)c(C)c2OC)cc1F. The molecule has 0 aliphatic heterocycles. The number of phenols is 1. The summed E-state index contributed by atoms with van der Waals surface area (Å²) in [6, 6.07) is 4.40. The summed E-state index contributed by atoms with van der Waals surface area (Å²) in [6.07, 6.45) is 2.71. The van der Waals surface area contributed by atoms with Crippen LogP contribution in [0.5, 0.6) is 23.0 Å². The zero-order valence-electron chi connectivity index (χ0n) is 17.2. The highest BCUT2D eigenvalue weighted by Crippen LogP contribution is 2.42. The number of halogens is 1. The van der Waals surface area contributed by atoms with E-state index in [1.807, 2.05) is 0 Å². The van der Waals surface area contributed by atoms with Crippen LogP contribution in [0.3, 0.4) is 0 Å². The number of rotatable bonds is 9. The normalized spacial score (nSPS) is 11.0. The Labute approximate surface area is 169 Å². The third kappa shape index (κ3) is 4.86. The number of ether oxygens (including phenoxy) is 4. The van der Waals surface area contributed by atoms with E-state index in [0.29, 0.717) is 29.0 Å². The molecule has 0 atom stereocenters. The molecule has 0 aliphatic carbocycles. The smallest absolute Gasteiger partial charge is 0.193 e.